The van der Waals surface area contributed by atoms with E-state index in [4.69, 9.17) is 0 Å². The Labute approximate surface area is 185 Å². The molecule has 8 nitrogen and oxygen atoms in total. The van der Waals surface area contributed by atoms with Crippen LogP contribution in [-0.2, 0) is 16.1 Å². The van der Waals surface area contributed by atoms with Crippen LogP contribution in [0, 0.1) is 17.2 Å². The summed E-state index contributed by atoms with van der Waals surface area (Å²) in [5, 5.41) is 15.1. The van der Waals surface area contributed by atoms with Gasteiger partial charge in [-0.25, -0.2) is 0 Å². The van der Waals surface area contributed by atoms with Crippen LogP contribution < -0.4 is 30.3 Å². The molecular formula is C22H27N5O3S. The van der Waals surface area contributed by atoms with Gasteiger partial charge in [-0.1, -0.05) is 19.9 Å². The van der Waals surface area contributed by atoms with Gasteiger partial charge < -0.3 is 15.5 Å². The lowest BCUT2D eigenvalue weighted by Crippen LogP contribution is -2.34. The van der Waals surface area contributed by atoms with Crippen molar-refractivity contribution in [3.63, 3.8) is 0 Å². The maximum Gasteiger partial charge on any atom is 0.270 e. The number of hydrogen-bond acceptors (Lipinski definition) is 6. The highest BCUT2D eigenvalue weighted by atomic mass is 32.1. The number of carbonyl (C=O) groups excluding carboxylic acids is 2. The molecule has 2 aromatic rings. The number of nitriles is 1. The number of hydrogen-bond donors (Lipinski definition) is 2. The monoisotopic (exact) mass is 441 g/mol. The van der Waals surface area contributed by atoms with Crippen LogP contribution in [-0.4, -0.2) is 30.0 Å². The molecule has 0 bridgehead atoms. The summed E-state index contributed by atoms with van der Waals surface area (Å²) in [6.07, 6.45) is 1.55. The standard InChI is InChI=1S/C22H27N5O3S/c1-6-24-19(28)17(12-23)22-27(7-2)21(30)18(31-22)13-25-15-9-8-10-16(11-15)26(5)20(29)14(3)4/h8-11,13-14,25H,6-7H2,1-5H3,(H,24,28)/b18-13+,22-17-. The summed E-state index contributed by atoms with van der Waals surface area (Å²) in [5.74, 6) is -0.626. The average Bonchev–Trinajstić information content (AvgIpc) is 3.07. The molecule has 2 N–H and O–H groups in total. The summed E-state index contributed by atoms with van der Waals surface area (Å²) in [7, 11) is 1.72. The number of thiazole rings is 1. The summed E-state index contributed by atoms with van der Waals surface area (Å²) in [6.45, 7) is 7.95. The molecule has 31 heavy (non-hydrogen) atoms. The number of aromatic nitrogens is 1. The Bertz CT molecular complexity index is 1190. The Morgan fingerprint density at radius 3 is 2.61 bits per heavy atom. The molecule has 164 valence electrons. The van der Waals surface area contributed by atoms with Crippen LogP contribution in [0.4, 0.5) is 11.4 Å². The first-order valence-corrected chi connectivity index (χ1v) is 10.8. The molecule has 0 unspecified atom stereocenters. The highest BCUT2D eigenvalue weighted by Gasteiger charge is 2.16. The first-order valence-electron chi connectivity index (χ1n) is 10.0. The van der Waals surface area contributed by atoms with E-state index in [9.17, 15) is 19.6 Å². The fraction of sp³-hybridized carbons (Fsp3) is 0.364. The molecular weight excluding hydrogens is 414 g/mol. The van der Waals surface area contributed by atoms with Crippen molar-refractivity contribution in [2.75, 3.05) is 23.8 Å². The van der Waals surface area contributed by atoms with E-state index < -0.39 is 5.91 Å². The van der Waals surface area contributed by atoms with Crippen LogP contribution in [0.25, 0.3) is 11.8 Å². The van der Waals surface area contributed by atoms with Crippen molar-refractivity contribution in [3.8, 4) is 6.07 Å². The Morgan fingerprint density at radius 2 is 2.03 bits per heavy atom. The van der Waals surface area contributed by atoms with E-state index in [0.29, 0.717) is 28.0 Å². The van der Waals surface area contributed by atoms with Crippen molar-refractivity contribution >= 4 is 46.3 Å². The van der Waals surface area contributed by atoms with Crippen molar-refractivity contribution in [2.24, 2.45) is 5.92 Å². The summed E-state index contributed by atoms with van der Waals surface area (Å²) in [5.41, 5.74) is 1.06. The first-order chi connectivity index (χ1) is 14.7. The number of nitrogens with zero attached hydrogens (tertiary/aromatic N) is 3. The predicted molar refractivity (Wildman–Crippen MR) is 124 cm³/mol. The number of anilines is 2. The van der Waals surface area contributed by atoms with Gasteiger partial charge in [-0.3, -0.25) is 19.0 Å². The fourth-order valence-electron chi connectivity index (χ4n) is 2.90. The largest absolute Gasteiger partial charge is 0.360 e. The SMILES string of the molecule is CCNC(=O)/C(C#N)=c1\s/c(=C/Nc2cccc(N(C)C(=O)C(C)C)c2)c(=O)n1CC. The molecule has 0 spiro atoms. The highest BCUT2D eigenvalue weighted by Crippen LogP contribution is 2.20. The third kappa shape index (κ3) is 5.41. The number of benzene rings is 1. The summed E-state index contributed by atoms with van der Waals surface area (Å²) >= 11 is 1.08. The minimum absolute atomic E-state index is 0.000198. The van der Waals surface area contributed by atoms with Crippen LogP contribution in [0.3, 0.4) is 0 Å². The van der Waals surface area contributed by atoms with E-state index in [1.807, 2.05) is 44.2 Å². The molecule has 0 radical (unpaired) electrons. The maximum absolute atomic E-state index is 12.8. The number of nitrogens with one attached hydrogen (secondary N) is 2. The molecule has 2 rings (SSSR count). The lowest BCUT2D eigenvalue weighted by atomic mass is 10.1. The van der Waals surface area contributed by atoms with Crippen LogP contribution in [0.5, 0.6) is 0 Å². The molecule has 1 aromatic heterocycles. The first kappa shape index (κ1) is 23.9. The Balaban J connectivity index is 2.47. The number of rotatable bonds is 7. The van der Waals surface area contributed by atoms with Crippen molar-refractivity contribution in [1.82, 2.24) is 9.88 Å². The second-order valence-electron chi connectivity index (χ2n) is 7.06. The Hall–Kier alpha value is -3.38. The zero-order chi connectivity index (χ0) is 23.1. The molecule has 0 atom stereocenters. The van der Waals surface area contributed by atoms with Gasteiger partial charge in [0.25, 0.3) is 11.5 Å². The van der Waals surface area contributed by atoms with Gasteiger partial charge in [-0.05, 0) is 32.0 Å². The van der Waals surface area contributed by atoms with E-state index in [1.54, 1.807) is 32.0 Å². The van der Waals surface area contributed by atoms with E-state index in [1.165, 1.54) is 4.57 Å². The second kappa shape index (κ2) is 10.6. The predicted octanol–water partition coefficient (Wildman–Crippen LogP) is 1.21. The summed E-state index contributed by atoms with van der Waals surface area (Å²) in [4.78, 5) is 38.8. The molecule has 0 aliphatic heterocycles. The maximum atomic E-state index is 12.8. The quantitative estimate of drug-likeness (QED) is 0.672. The normalized spacial score (nSPS) is 12.4. The van der Waals surface area contributed by atoms with E-state index >= 15 is 0 Å². The molecule has 0 saturated heterocycles. The van der Waals surface area contributed by atoms with E-state index in [2.05, 4.69) is 10.6 Å². The Morgan fingerprint density at radius 1 is 1.32 bits per heavy atom. The van der Waals surface area contributed by atoms with Gasteiger partial charge >= 0.3 is 0 Å². The van der Waals surface area contributed by atoms with Gasteiger partial charge in [0.1, 0.15) is 15.3 Å². The van der Waals surface area contributed by atoms with E-state index in [-0.39, 0.29) is 23.0 Å². The van der Waals surface area contributed by atoms with Crippen LogP contribution >= 0.6 is 11.3 Å². The smallest absolute Gasteiger partial charge is 0.270 e. The topological polar surface area (TPSA) is 107 Å². The van der Waals surface area contributed by atoms with E-state index in [0.717, 1.165) is 17.0 Å². The minimum Gasteiger partial charge on any atom is -0.360 e. The van der Waals surface area contributed by atoms with Crippen LogP contribution in [0.1, 0.15) is 27.7 Å². The molecule has 0 fully saturated rings. The molecule has 1 heterocycles. The Kier molecular flexibility index (Phi) is 8.16. The molecule has 0 saturated carbocycles. The summed E-state index contributed by atoms with van der Waals surface area (Å²) < 4.78 is 2.10. The van der Waals surface area contributed by atoms with Gasteiger partial charge in [0, 0.05) is 43.6 Å². The van der Waals surface area contributed by atoms with Crippen LogP contribution in [0.2, 0.25) is 0 Å². The van der Waals surface area contributed by atoms with Gasteiger partial charge in [0.15, 0.2) is 5.57 Å². The van der Waals surface area contributed by atoms with Gasteiger partial charge in [-0.2, -0.15) is 5.26 Å². The molecule has 2 amide bonds. The zero-order valence-corrected chi connectivity index (χ0v) is 19.2. The van der Waals surface area contributed by atoms with Gasteiger partial charge in [0.2, 0.25) is 5.91 Å². The summed E-state index contributed by atoms with van der Waals surface area (Å²) in [6, 6.07) is 9.20. The van der Waals surface area contributed by atoms with Crippen molar-refractivity contribution in [1.29, 1.82) is 5.26 Å². The lowest BCUT2D eigenvalue weighted by Gasteiger charge is -2.20. The van der Waals surface area contributed by atoms with Crippen molar-refractivity contribution < 1.29 is 9.59 Å². The minimum atomic E-state index is -0.501. The molecule has 9 heteroatoms. The van der Waals surface area contributed by atoms with Crippen LogP contribution in [0.15, 0.2) is 29.1 Å². The molecule has 1 aromatic carbocycles. The van der Waals surface area contributed by atoms with Crippen molar-refractivity contribution in [2.45, 2.75) is 34.2 Å². The highest BCUT2D eigenvalue weighted by molar-refractivity contribution is 7.07. The third-order valence-electron chi connectivity index (χ3n) is 4.54. The third-order valence-corrected chi connectivity index (χ3v) is 5.67. The number of amides is 2. The molecule has 0 aliphatic carbocycles. The molecule has 0 aliphatic rings. The second-order valence-corrected chi connectivity index (χ2v) is 8.09. The van der Waals surface area contributed by atoms with Crippen molar-refractivity contribution in [3.05, 3.63) is 43.8 Å². The zero-order valence-electron chi connectivity index (χ0n) is 18.4. The lowest BCUT2D eigenvalue weighted by molar-refractivity contribution is -0.121. The number of carbonyl (C=O) groups is 2. The van der Waals surface area contributed by atoms with Gasteiger partial charge in [0.05, 0.1) is 0 Å². The van der Waals surface area contributed by atoms with Gasteiger partial charge in [-0.15, -0.1) is 11.3 Å². The fourth-order valence-corrected chi connectivity index (χ4v) is 3.99. The average molecular weight is 442 g/mol.